The van der Waals surface area contributed by atoms with Gasteiger partial charge in [0, 0.05) is 26.3 Å². The Balaban J connectivity index is 1.92. The molecule has 1 aliphatic heterocycles. The fourth-order valence-corrected chi connectivity index (χ4v) is 2.90. The van der Waals surface area contributed by atoms with Crippen molar-refractivity contribution in [2.24, 2.45) is 0 Å². The van der Waals surface area contributed by atoms with Gasteiger partial charge in [-0.15, -0.1) is 0 Å². The van der Waals surface area contributed by atoms with Gasteiger partial charge in [0.1, 0.15) is 5.82 Å². The van der Waals surface area contributed by atoms with E-state index in [9.17, 15) is 8.42 Å². The lowest BCUT2D eigenvalue weighted by molar-refractivity contribution is 0.217. The van der Waals surface area contributed by atoms with Crippen molar-refractivity contribution in [1.29, 1.82) is 0 Å². The molecule has 0 radical (unpaired) electrons. The maximum absolute atomic E-state index is 11.6. The second-order valence-corrected chi connectivity index (χ2v) is 6.36. The zero-order valence-corrected chi connectivity index (χ0v) is 11.4. The Hall–Kier alpha value is -0.920. The van der Waals surface area contributed by atoms with Gasteiger partial charge in [-0.25, -0.2) is 18.1 Å². The van der Waals surface area contributed by atoms with Crippen LogP contribution in [-0.4, -0.2) is 37.4 Å². The Morgan fingerprint density at radius 2 is 2.33 bits per heavy atom. The number of hydrogen-bond donors (Lipinski definition) is 1. The number of imidazole rings is 1. The van der Waals surface area contributed by atoms with Crippen molar-refractivity contribution in [3.05, 3.63) is 17.7 Å². The lowest BCUT2D eigenvalue weighted by Crippen LogP contribution is -2.27. The molecule has 6 nitrogen and oxygen atoms in total. The highest BCUT2D eigenvalue weighted by Gasteiger charge is 2.14. The number of aryl methyl sites for hydroxylation is 2. The lowest BCUT2D eigenvalue weighted by Gasteiger charge is -2.11. The van der Waals surface area contributed by atoms with Crippen LogP contribution in [0.2, 0.25) is 0 Å². The second kappa shape index (κ2) is 5.81. The number of ether oxygens (including phenoxy) is 1. The number of sulfonamides is 1. The van der Waals surface area contributed by atoms with E-state index in [-0.39, 0.29) is 18.9 Å². The first-order valence-electron chi connectivity index (χ1n) is 6.12. The molecule has 1 aromatic heterocycles. The van der Waals surface area contributed by atoms with E-state index in [1.165, 1.54) is 13.5 Å². The second-order valence-electron chi connectivity index (χ2n) is 4.43. The third-order valence-corrected chi connectivity index (χ3v) is 4.28. The topological polar surface area (TPSA) is 73.2 Å². The van der Waals surface area contributed by atoms with Gasteiger partial charge in [-0.1, -0.05) is 0 Å². The summed E-state index contributed by atoms with van der Waals surface area (Å²) in [5.74, 6) is 1.05. The molecule has 0 saturated heterocycles. The van der Waals surface area contributed by atoms with Gasteiger partial charge in [0.25, 0.3) is 0 Å². The maximum Gasteiger partial charge on any atom is 0.214 e. The van der Waals surface area contributed by atoms with E-state index >= 15 is 0 Å². The molecule has 0 spiro atoms. The molecule has 0 bridgehead atoms. The van der Waals surface area contributed by atoms with Crippen molar-refractivity contribution in [2.75, 3.05) is 19.5 Å². The summed E-state index contributed by atoms with van der Waals surface area (Å²) in [6.07, 6.45) is 5.25. The van der Waals surface area contributed by atoms with Gasteiger partial charge in [-0.05, 0) is 12.8 Å². The molecule has 2 rings (SSSR count). The van der Waals surface area contributed by atoms with Gasteiger partial charge in [0.2, 0.25) is 10.0 Å². The molecular formula is C11H19N3O3S. The fourth-order valence-electron chi connectivity index (χ4n) is 2.01. The normalized spacial score (nSPS) is 15.6. The molecule has 0 fully saturated rings. The average Bonchev–Trinajstić information content (AvgIpc) is 2.77. The monoisotopic (exact) mass is 273 g/mol. The van der Waals surface area contributed by atoms with E-state index in [2.05, 4.69) is 14.3 Å². The minimum atomic E-state index is -3.27. The van der Waals surface area contributed by atoms with E-state index in [4.69, 9.17) is 4.74 Å². The Kier molecular flexibility index (Phi) is 4.36. The van der Waals surface area contributed by atoms with Crippen LogP contribution in [0.4, 0.5) is 0 Å². The first-order valence-corrected chi connectivity index (χ1v) is 7.77. The van der Waals surface area contributed by atoms with E-state index < -0.39 is 10.0 Å². The molecule has 102 valence electrons. The summed E-state index contributed by atoms with van der Waals surface area (Å²) in [6.45, 7) is 1.44. The fraction of sp³-hybridized carbons (Fsp3) is 0.727. The van der Waals surface area contributed by atoms with Crippen LogP contribution in [-0.2, 0) is 34.3 Å². The van der Waals surface area contributed by atoms with Crippen LogP contribution in [0.1, 0.15) is 24.4 Å². The summed E-state index contributed by atoms with van der Waals surface area (Å²) in [5.41, 5.74) is 0.785. The Labute approximate surface area is 107 Å². The molecular weight excluding hydrogens is 254 g/mol. The van der Waals surface area contributed by atoms with Crippen LogP contribution in [0, 0.1) is 0 Å². The van der Waals surface area contributed by atoms with Crippen LogP contribution in [0.5, 0.6) is 0 Å². The predicted molar refractivity (Wildman–Crippen MR) is 67.7 cm³/mol. The Morgan fingerprint density at radius 3 is 3.06 bits per heavy atom. The summed E-state index contributed by atoms with van der Waals surface area (Å²) >= 11 is 0. The first-order chi connectivity index (χ1) is 8.61. The highest BCUT2D eigenvalue weighted by molar-refractivity contribution is 7.89. The number of hydrogen-bond acceptors (Lipinski definition) is 4. The van der Waals surface area contributed by atoms with Crippen molar-refractivity contribution in [2.45, 2.75) is 32.4 Å². The van der Waals surface area contributed by atoms with Crippen molar-refractivity contribution < 1.29 is 13.2 Å². The van der Waals surface area contributed by atoms with E-state index in [0.717, 1.165) is 30.9 Å². The molecule has 0 unspecified atom stereocenters. The SMILES string of the molecule is COCCS(=O)(=O)NCc1cn2c(n1)CCCC2. The van der Waals surface area contributed by atoms with E-state index in [1.54, 1.807) is 0 Å². The summed E-state index contributed by atoms with van der Waals surface area (Å²) in [7, 11) is -1.78. The molecule has 18 heavy (non-hydrogen) atoms. The summed E-state index contributed by atoms with van der Waals surface area (Å²) < 4.78 is 32.6. The van der Waals surface area contributed by atoms with Crippen molar-refractivity contribution >= 4 is 10.0 Å². The first kappa shape index (κ1) is 13.5. The number of nitrogens with one attached hydrogen (secondary N) is 1. The third kappa shape index (κ3) is 3.54. The molecule has 7 heteroatoms. The average molecular weight is 273 g/mol. The quantitative estimate of drug-likeness (QED) is 0.808. The molecule has 0 amide bonds. The summed E-state index contributed by atoms with van der Waals surface area (Å²) in [4.78, 5) is 4.44. The van der Waals surface area contributed by atoms with Crippen molar-refractivity contribution in [3.63, 3.8) is 0 Å². The molecule has 0 saturated carbocycles. The van der Waals surface area contributed by atoms with Crippen LogP contribution < -0.4 is 4.72 Å². The third-order valence-electron chi connectivity index (χ3n) is 2.99. The van der Waals surface area contributed by atoms with Gasteiger partial charge in [0.15, 0.2) is 0 Å². The van der Waals surface area contributed by atoms with Crippen molar-refractivity contribution in [3.8, 4) is 0 Å². The molecule has 1 aromatic rings. The van der Waals surface area contributed by atoms with Crippen LogP contribution in [0.3, 0.4) is 0 Å². The number of fused-ring (bicyclic) bond motifs is 1. The number of aromatic nitrogens is 2. The largest absolute Gasteiger partial charge is 0.384 e. The number of nitrogens with zero attached hydrogens (tertiary/aromatic N) is 2. The molecule has 0 aliphatic carbocycles. The van der Waals surface area contributed by atoms with Crippen molar-refractivity contribution in [1.82, 2.24) is 14.3 Å². The molecule has 2 heterocycles. The molecule has 0 aromatic carbocycles. The minimum Gasteiger partial charge on any atom is -0.384 e. The number of methoxy groups -OCH3 is 1. The van der Waals surface area contributed by atoms with Gasteiger partial charge in [-0.3, -0.25) is 0 Å². The lowest BCUT2D eigenvalue weighted by atomic mass is 10.2. The van der Waals surface area contributed by atoms with Crippen LogP contribution >= 0.6 is 0 Å². The van der Waals surface area contributed by atoms with E-state index in [0.29, 0.717) is 0 Å². The molecule has 1 aliphatic rings. The zero-order chi connectivity index (χ0) is 13.0. The van der Waals surface area contributed by atoms with Gasteiger partial charge < -0.3 is 9.30 Å². The highest BCUT2D eigenvalue weighted by Crippen LogP contribution is 2.14. The highest BCUT2D eigenvalue weighted by atomic mass is 32.2. The summed E-state index contributed by atoms with van der Waals surface area (Å²) in [6, 6.07) is 0. The standard InChI is InChI=1S/C11H19N3O3S/c1-17-6-7-18(15,16)12-8-10-9-14-5-3-2-4-11(14)13-10/h9,12H,2-8H2,1H3. The molecule has 0 atom stereocenters. The zero-order valence-electron chi connectivity index (χ0n) is 10.6. The maximum atomic E-state index is 11.6. The van der Waals surface area contributed by atoms with E-state index in [1.807, 2.05) is 6.20 Å². The number of rotatable bonds is 6. The summed E-state index contributed by atoms with van der Waals surface area (Å²) in [5, 5.41) is 0. The predicted octanol–water partition coefficient (Wildman–Crippen LogP) is 0.285. The van der Waals surface area contributed by atoms with Crippen LogP contribution in [0.25, 0.3) is 0 Å². The molecule has 1 N–H and O–H groups in total. The Morgan fingerprint density at radius 1 is 1.50 bits per heavy atom. The van der Waals surface area contributed by atoms with Gasteiger partial charge in [-0.2, -0.15) is 0 Å². The smallest absolute Gasteiger partial charge is 0.214 e. The Bertz CT molecular complexity index is 472. The minimum absolute atomic E-state index is 0.0168. The van der Waals surface area contributed by atoms with Gasteiger partial charge in [0.05, 0.1) is 24.6 Å². The van der Waals surface area contributed by atoms with Gasteiger partial charge >= 0.3 is 0 Å². The van der Waals surface area contributed by atoms with Crippen LogP contribution in [0.15, 0.2) is 6.20 Å².